The summed E-state index contributed by atoms with van der Waals surface area (Å²) in [5.41, 5.74) is 1.19. The van der Waals surface area contributed by atoms with Gasteiger partial charge in [-0.15, -0.1) is 0 Å². The Labute approximate surface area is 133 Å². The Morgan fingerprint density at radius 1 is 1.43 bits per heavy atom. The van der Waals surface area contributed by atoms with Crippen molar-refractivity contribution in [2.45, 2.75) is 32.2 Å². The summed E-state index contributed by atoms with van der Waals surface area (Å²) >= 11 is 6.34. The molecule has 3 nitrogen and oxygen atoms in total. The van der Waals surface area contributed by atoms with E-state index < -0.39 is 0 Å². The molecule has 0 amide bonds. The summed E-state index contributed by atoms with van der Waals surface area (Å²) in [7, 11) is 0. The van der Waals surface area contributed by atoms with Crippen molar-refractivity contribution in [3.63, 3.8) is 0 Å². The van der Waals surface area contributed by atoms with Gasteiger partial charge in [0.05, 0.1) is 0 Å². The molecule has 2 atom stereocenters. The van der Waals surface area contributed by atoms with Gasteiger partial charge in [0.1, 0.15) is 0 Å². The molecule has 0 bridgehead atoms. The number of nitrogens with one attached hydrogen (secondary N) is 1. The first-order chi connectivity index (χ1) is 10.2. The second kappa shape index (κ2) is 8.74. The second-order valence-corrected chi connectivity index (χ2v) is 6.32. The highest BCUT2D eigenvalue weighted by Crippen LogP contribution is 2.26. The van der Waals surface area contributed by atoms with Gasteiger partial charge in [0.25, 0.3) is 0 Å². The van der Waals surface area contributed by atoms with Crippen molar-refractivity contribution in [2.24, 2.45) is 5.92 Å². The number of likely N-dealkylation sites (tertiary alicyclic amines) is 1. The van der Waals surface area contributed by atoms with Crippen LogP contribution in [0.2, 0.25) is 5.02 Å². The number of aliphatic hydroxyl groups is 1. The van der Waals surface area contributed by atoms with E-state index in [0.717, 1.165) is 44.0 Å². The Morgan fingerprint density at radius 3 is 2.95 bits per heavy atom. The van der Waals surface area contributed by atoms with E-state index >= 15 is 0 Å². The lowest BCUT2D eigenvalue weighted by molar-refractivity contribution is 0.117. The van der Waals surface area contributed by atoms with Crippen LogP contribution in [0, 0.1) is 5.92 Å². The molecular formula is C17H27ClN2O. The molecule has 1 aromatic rings. The Morgan fingerprint density at radius 2 is 2.24 bits per heavy atom. The zero-order valence-corrected chi connectivity index (χ0v) is 13.6. The summed E-state index contributed by atoms with van der Waals surface area (Å²) < 4.78 is 0. The van der Waals surface area contributed by atoms with Crippen molar-refractivity contribution in [1.29, 1.82) is 0 Å². The molecule has 1 aliphatic rings. The van der Waals surface area contributed by atoms with Crippen LogP contribution in [0.4, 0.5) is 0 Å². The number of benzene rings is 1. The van der Waals surface area contributed by atoms with Crippen LogP contribution in [-0.2, 0) is 0 Å². The average Bonchev–Trinajstić information content (AvgIpc) is 2.52. The van der Waals surface area contributed by atoms with Crippen molar-refractivity contribution >= 4 is 11.6 Å². The van der Waals surface area contributed by atoms with Gasteiger partial charge in [-0.05, 0) is 56.4 Å². The van der Waals surface area contributed by atoms with Gasteiger partial charge in [0, 0.05) is 24.2 Å². The molecule has 1 heterocycles. The normalized spacial score (nSPS) is 21.4. The number of halogens is 1. The number of hydrogen-bond acceptors (Lipinski definition) is 3. The molecule has 0 aliphatic carbocycles. The standard InChI is InChI=1S/C17H27ClN2O/c1-2-19-17(15-7-3-4-8-16(15)18)9-11-20-10-5-6-14(12-20)13-21/h3-4,7-8,14,17,19,21H,2,5-6,9-13H2,1H3. The van der Waals surface area contributed by atoms with E-state index in [1.54, 1.807) is 0 Å². The highest BCUT2D eigenvalue weighted by Gasteiger charge is 2.21. The van der Waals surface area contributed by atoms with Crippen molar-refractivity contribution in [1.82, 2.24) is 10.2 Å². The number of nitrogens with zero attached hydrogens (tertiary/aromatic N) is 1. The summed E-state index contributed by atoms with van der Waals surface area (Å²) in [6.07, 6.45) is 3.41. The van der Waals surface area contributed by atoms with Crippen molar-refractivity contribution < 1.29 is 5.11 Å². The summed E-state index contributed by atoms with van der Waals surface area (Å²) in [6.45, 7) is 6.62. The number of aliphatic hydroxyl groups excluding tert-OH is 1. The predicted molar refractivity (Wildman–Crippen MR) is 88.7 cm³/mol. The van der Waals surface area contributed by atoms with Crippen LogP contribution in [0.5, 0.6) is 0 Å². The molecular weight excluding hydrogens is 284 g/mol. The molecule has 4 heteroatoms. The minimum absolute atomic E-state index is 0.304. The van der Waals surface area contributed by atoms with E-state index in [0.29, 0.717) is 18.6 Å². The van der Waals surface area contributed by atoms with E-state index in [9.17, 15) is 5.11 Å². The van der Waals surface area contributed by atoms with Crippen LogP contribution in [0.3, 0.4) is 0 Å². The molecule has 1 fully saturated rings. The lowest BCUT2D eigenvalue weighted by Gasteiger charge is -2.33. The first-order valence-electron chi connectivity index (χ1n) is 8.05. The molecule has 0 spiro atoms. The maximum Gasteiger partial charge on any atom is 0.0471 e. The van der Waals surface area contributed by atoms with Crippen molar-refractivity contribution in [2.75, 3.05) is 32.8 Å². The minimum Gasteiger partial charge on any atom is -0.396 e. The lowest BCUT2D eigenvalue weighted by Crippen LogP contribution is -2.38. The molecule has 21 heavy (non-hydrogen) atoms. The smallest absolute Gasteiger partial charge is 0.0471 e. The molecule has 2 N–H and O–H groups in total. The third-order valence-corrected chi connectivity index (χ3v) is 4.67. The Hall–Kier alpha value is -0.610. The Balaban J connectivity index is 1.92. The Bertz CT molecular complexity index is 427. The first-order valence-corrected chi connectivity index (χ1v) is 8.43. The van der Waals surface area contributed by atoms with E-state index in [1.807, 2.05) is 18.2 Å². The van der Waals surface area contributed by atoms with E-state index in [4.69, 9.17) is 11.6 Å². The third kappa shape index (κ3) is 4.96. The maximum atomic E-state index is 9.33. The fraction of sp³-hybridized carbons (Fsp3) is 0.647. The highest BCUT2D eigenvalue weighted by atomic mass is 35.5. The number of hydrogen-bond donors (Lipinski definition) is 2. The third-order valence-electron chi connectivity index (χ3n) is 4.33. The summed E-state index contributed by atoms with van der Waals surface area (Å²) in [5.74, 6) is 0.455. The van der Waals surface area contributed by atoms with Gasteiger partial charge in [-0.1, -0.05) is 36.7 Å². The van der Waals surface area contributed by atoms with Gasteiger partial charge in [0.15, 0.2) is 0 Å². The average molecular weight is 311 g/mol. The fourth-order valence-electron chi connectivity index (χ4n) is 3.19. The molecule has 2 unspecified atom stereocenters. The van der Waals surface area contributed by atoms with Crippen LogP contribution >= 0.6 is 11.6 Å². The van der Waals surface area contributed by atoms with Crippen molar-refractivity contribution in [3.8, 4) is 0 Å². The van der Waals surface area contributed by atoms with Gasteiger partial charge >= 0.3 is 0 Å². The molecule has 1 saturated heterocycles. The van der Waals surface area contributed by atoms with Crippen LogP contribution in [-0.4, -0.2) is 42.8 Å². The predicted octanol–water partition coefficient (Wildman–Crippen LogP) is 3.09. The summed E-state index contributed by atoms with van der Waals surface area (Å²) in [5, 5.41) is 13.7. The molecule has 0 aromatic heterocycles. The van der Waals surface area contributed by atoms with E-state index in [1.165, 1.54) is 12.0 Å². The van der Waals surface area contributed by atoms with Gasteiger partial charge in [-0.25, -0.2) is 0 Å². The maximum absolute atomic E-state index is 9.33. The first kappa shape index (κ1) is 16.8. The van der Waals surface area contributed by atoms with Gasteiger partial charge in [-0.3, -0.25) is 0 Å². The van der Waals surface area contributed by atoms with Crippen molar-refractivity contribution in [3.05, 3.63) is 34.9 Å². The zero-order chi connectivity index (χ0) is 15.1. The van der Waals surface area contributed by atoms with Crippen LogP contribution in [0.15, 0.2) is 24.3 Å². The second-order valence-electron chi connectivity index (χ2n) is 5.91. The number of rotatable bonds is 7. The van der Waals surface area contributed by atoms with Gasteiger partial charge in [-0.2, -0.15) is 0 Å². The topological polar surface area (TPSA) is 35.5 Å². The van der Waals surface area contributed by atoms with Crippen LogP contribution in [0.25, 0.3) is 0 Å². The molecule has 1 aromatic carbocycles. The molecule has 1 aliphatic heterocycles. The van der Waals surface area contributed by atoms with Gasteiger partial charge < -0.3 is 15.3 Å². The van der Waals surface area contributed by atoms with Crippen LogP contribution < -0.4 is 5.32 Å². The fourth-order valence-corrected chi connectivity index (χ4v) is 3.45. The highest BCUT2D eigenvalue weighted by molar-refractivity contribution is 6.31. The van der Waals surface area contributed by atoms with Crippen LogP contribution in [0.1, 0.15) is 37.8 Å². The summed E-state index contributed by atoms with van der Waals surface area (Å²) in [4.78, 5) is 2.48. The molecule has 118 valence electrons. The lowest BCUT2D eigenvalue weighted by atomic mass is 9.97. The largest absolute Gasteiger partial charge is 0.396 e. The quantitative estimate of drug-likeness (QED) is 0.812. The van der Waals surface area contributed by atoms with Gasteiger partial charge in [0.2, 0.25) is 0 Å². The van der Waals surface area contributed by atoms with E-state index in [-0.39, 0.29) is 0 Å². The monoisotopic (exact) mass is 310 g/mol. The zero-order valence-electron chi connectivity index (χ0n) is 12.9. The number of piperidine rings is 1. The molecule has 0 radical (unpaired) electrons. The minimum atomic E-state index is 0.304. The summed E-state index contributed by atoms with van der Waals surface area (Å²) in [6, 6.07) is 8.41. The Kier molecular flexibility index (Phi) is 6.97. The molecule has 2 rings (SSSR count). The van der Waals surface area contributed by atoms with E-state index in [2.05, 4.69) is 23.2 Å². The SMILES string of the molecule is CCNC(CCN1CCCC(CO)C1)c1ccccc1Cl. The molecule has 0 saturated carbocycles.